The van der Waals surface area contributed by atoms with Crippen LogP contribution in [0.15, 0.2) is 42.5 Å². The number of nitrogens with zero attached hydrogens (tertiary/aromatic N) is 1. The van der Waals surface area contributed by atoms with Crippen LogP contribution in [0.25, 0.3) is 0 Å². The molecule has 0 radical (unpaired) electrons. The Morgan fingerprint density at radius 1 is 1.17 bits per heavy atom. The summed E-state index contributed by atoms with van der Waals surface area (Å²) >= 11 is 0. The molecule has 4 rings (SSSR count). The van der Waals surface area contributed by atoms with Gasteiger partial charge in [-0.25, -0.2) is 0 Å². The van der Waals surface area contributed by atoms with Crippen LogP contribution >= 0.6 is 0 Å². The van der Waals surface area contributed by atoms with Gasteiger partial charge in [0.05, 0.1) is 11.3 Å². The Morgan fingerprint density at radius 2 is 1.96 bits per heavy atom. The predicted molar refractivity (Wildman–Crippen MR) is 91.7 cm³/mol. The maximum Gasteiger partial charge on any atom is 0.265 e. The number of carbonyl (C=O) groups is 2. The van der Waals surface area contributed by atoms with Crippen LogP contribution < -0.4 is 15.0 Å². The van der Waals surface area contributed by atoms with Crippen molar-refractivity contribution in [1.29, 1.82) is 0 Å². The summed E-state index contributed by atoms with van der Waals surface area (Å²) in [6, 6.07) is 13.2. The summed E-state index contributed by atoms with van der Waals surface area (Å²) in [5.41, 5.74) is 3.14. The molecule has 2 aromatic carbocycles. The number of anilines is 2. The molecule has 0 aromatic heterocycles. The van der Waals surface area contributed by atoms with E-state index in [9.17, 15) is 9.59 Å². The molecule has 0 unspecified atom stereocenters. The van der Waals surface area contributed by atoms with Crippen molar-refractivity contribution in [1.82, 2.24) is 0 Å². The topological polar surface area (TPSA) is 58.6 Å². The van der Waals surface area contributed by atoms with Gasteiger partial charge >= 0.3 is 0 Å². The molecule has 0 aliphatic carbocycles. The van der Waals surface area contributed by atoms with Gasteiger partial charge in [-0.2, -0.15) is 0 Å². The summed E-state index contributed by atoms with van der Waals surface area (Å²) in [4.78, 5) is 26.7. The first kappa shape index (κ1) is 14.8. The lowest BCUT2D eigenvalue weighted by molar-refractivity contribution is -0.122. The molecule has 5 heteroatoms. The number of ether oxygens (including phenoxy) is 1. The molecule has 5 nitrogen and oxygen atoms in total. The number of hydrogen-bond donors (Lipinski definition) is 1. The molecule has 122 valence electrons. The fourth-order valence-corrected chi connectivity index (χ4v) is 3.35. The van der Waals surface area contributed by atoms with Gasteiger partial charge < -0.3 is 15.0 Å². The van der Waals surface area contributed by atoms with E-state index in [1.807, 2.05) is 18.2 Å². The van der Waals surface area contributed by atoms with Crippen LogP contribution in [0.3, 0.4) is 0 Å². The second kappa shape index (κ2) is 5.37. The van der Waals surface area contributed by atoms with E-state index >= 15 is 0 Å². The zero-order valence-corrected chi connectivity index (χ0v) is 13.6. The normalized spacial score (nSPS) is 21.6. The van der Waals surface area contributed by atoms with E-state index in [0.717, 1.165) is 5.69 Å². The number of nitrogens with one attached hydrogen (secondary N) is 1. The fourth-order valence-electron chi connectivity index (χ4n) is 3.35. The molecule has 2 aromatic rings. The van der Waals surface area contributed by atoms with Gasteiger partial charge in [0.25, 0.3) is 11.8 Å². The standard InChI is InChI=1S/C19H18N2O3/c1-11-10-21(16-9-4-3-6-13(11)16)19(23)14-7-5-8-15-17(14)24-12(2)18(22)20-15/h3-9,11-12H,10H2,1-2H3,(H,20,22)/t11-,12+/m0/s1. The third-order valence-corrected chi connectivity index (χ3v) is 4.63. The average Bonchev–Trinajstić information content (AvgIpc) is 2.92. The molecule has 2 atom stereocenters. The van der Waals surface area contributed by atoms with Crippen molar-refractivity contribution >= 4 is 23.2 Å². The number of benzene rings is 2. The highest BCUT2D eigenvalue weighted by Gasteiger charge is 2.34. The minimum Gasteiger partial charge on any atom is -0.478 e. The molecule has 2 amide bonds. The maximum absolute atomic E-state index is 13.1. The molecule has 24 heavy (non-hydrogen) atoms. The summed E-state index contributed by atoms with van der Waals surface area (Å²) in [5.74, 6) is 0.440. The highest BCUT2D eigenvalue weighted by atomic mass is 16.5. The van der Waals surface area contributed by atoms with Crippen LogP contribution in [-0.4, -0.2) is 24.5 Å². The van der Waals surface area contributed by atoms with Gasteiger partial charge in [0.1, 0.15) is 0 Å². The van der Waals surface area contributed by atoms with Crippen LogP contribution in [0.4, 0.5) is 11.4 Å². The van der Waals surface area contributed by atoms with Gasteiger partial charge in [0.15, 0.2) is 11.9 Å². The smallest absolute Gasteiger partial charge is 0.265 e. The first-order chi connectivity index (χ1) is 11.6. The van der Waals surface area contributed by atoms with Gasteiger partial charge in [0, 0.05) is 18.2 Å². The Balaban J connectivity index is 1.75. The van der Waals surface area contributed by atoms with Gasteiger partial charge in [-0.15, -0.1) is 0 Å². The van der Waals surface area contributed by atoms with Gasteiger partial charge in [-0.05, 0) is 30.7 Å². The number of carbonyl (C=O) groups excluding carboxylic acids is 2. The summed E-state index contributed by atoms with van der Waals surface area (Å²) in [5, 5.41) is 2.79. The second-order valence-corrected chi connectivity index (χ2v) is 6.31. The lowest BCUT2D eigenvalue weighted by Gasteiger charge is -2.26. The Morgan fingerprint density at radius 3 is 2.79 bits per heavy atom. The highest BCUT2D eigenvalue weighted by molar-refractivity contribution is 6.11. The van der Waals surface area contributed by atoms with Crippen LogP contribution in [0.5, 0.6) is 5.75 Å². The average molecular weight is 322 g/mol. The van der Waals surface area contributed by atoms with Crippen molar-refractivity contribution in [3.8, 4) is 5.75 Å². The van der Waals surface area contributed by atoms with Crippen molar-refractivity contribution in [3.05, 3.63) is 53.6 Å². The number of hydrogen-bond acceptors (Lipinski definition) is 3. The van der Waals surface area contributed by atoms with Crippen molar-refractivity contribution < 1.29 is 14.3 Å². The van der Waals surface area contributed by atoms with Crippen LogP contribution in [0.1, 0.15) is 35.7 Å². The summed E-state index contributed by atoms with van der Waals surface area (Å²) in [7, 11) is 0. The van der Waals surface area contributed by atoms with Gasteiger partial charge in [0.2, 0.25) is 0 Å². The van der Waals surface area contributed by atoms with E-state index in [2.05, 4.69) is 18.3 Å². The van der Waals surface area contributed by atoms with Gasteiger partial charge in [-0.3, -0.25) is 9.59 Å². The third kappa shape index (κ3) is 2.16. The van der Waals surface area contributed by atoms with E-state index in [0.29, 0.717) is 29.5 Å². The largest absolute Gasteiger partial charge is 0.478 e. The molecule has 1 N–H and O–H groups in total. The van der Waals surface area contributed by atoms with Crippen LogP contribution in [-0.2, 0) is 4.79 Å². The van der Waals surface area contributed by atoms with Crippen molar-refractivity contribution in [3.63, 3.8) is 0 Å². The zero-order valence-electron chi connectivity index (χ0n) is 13.6. The summed E-state index contributed by atoms with van der Waals surface area (Å²) < 4.78 is 5.71. The SMILES string of the molecule is C[C@H]1Oc2c(cccc2C(=O)N2C[C@H](C)c3ccccc32)NC1=O. The maximum atomic E-state index is 13.1. The molecule has 0 saturated carbocycles. The third-order valence-electron chi connectivity index (χ3n) is 4.63. The van der Waals surface area contributed by atoms with Gasteiger partial charge in [-0.1, -0.05) is 31.2 Å². The van der Waals surface area contributed by atoms with Crippen molar-refractivity contribution in [2.45, 2.75) is 25.9 Å². The van der Waals surface area contributed by atoms with Crippen molar-refractivity contribution in [2.75, 3.05) is 16.8 Å². The highest BCUT2D eigenvalue weighted by Crippen LogP contribution is 2.39. The number of amides is 2. The Bertz CT molecular complexity index is 846. The molecule has 2 aliphatic rings. The lowest BCUT2D eigenvalue weighted by Crippen LogP contribution is -2.36. The number of rotatable bonds is 1. The number of fused-ring (bicyclic) bond motifs is 2. The molecule has 0 bridgehead atoms. The first-order valence-corrected chi connectivity index (χ1v) is 8.07. The van der Waals surface area contributed by atoms with E-state index in [1.165, 1.54) is 5.56 Å². The summed E-state index contributed by atoms with van der Waals surface area (Å²) in [6.45, 7) is 4.43. The molecule has 2 heterocycles. The Labute approximate surface area is 140 Å². The minimum atomic E-state index is -0.615. The number of para-hydroxylation sites is 2. The molecule has 0 fully saturated rings. The Hall–Kier alpha value is -2.82. The fraction of sp³-hybridized carbons (Fsp3) is 0.263. The van der Waals surface area contributed by atoms with E-state index in [-0.39, 0.29) is 11.8 Å². The van der Waals surface area contributed by atoms with Crippen LogP contribution in [0.2, 0.25) is 0 Å². The lowest BCUT2D eigenvalue weighted by atomic mass is 10.0. The zero-order chi connectivity index (χ0) is 16.8. The molecule has 0 saturated heterocycles. The summed E-state index contributed by atoms with van der Waals surface area (Å²) in [6.07, 6.45) is -0.615. The molecule has 0 spiro atoms. The minimum absolute atomic E-state index is 0.105. The quantitative estimate of drug-likeness (QED) is 0.877. The van der Waals surface area contributed by atoms with E-state index < -0.39 is 6.10 Å². The molecule has 2 aliphatic heterocycles. The first-order valence-electron chi connectivity index (χ1n) is 8.07. The van der Waals surface area contributed by atoms with E-state index in [1.54, 1.807) is 30.0 Å². The predicted octanol–water partition coefficient (Wildman–Crippen LogP) is 3.17. The van der Waals surface area contributed by atoms with E-state index in [4.69, 9.17) is 4.74 Å². The molecular weight excluding hydrogens is 304 g/mol. The monoisotopic (exact) mass is 322 g/mol. The van der Waals surface area contributed by atoms with Crippen molar-refractivity contribution in [2.24, 2.45) is 0 Å². The second-order valence-electron chi connectivity index (χ2n) is 6.31. The Kier molecular flexibility index (Phi) is 3.30. The molecular formula is C19H18N2O3. The van der Waals surface area contributed by atoms with Crippen LogP contribution in [0, 0.1) is 0 Å².